The monoisotopic (exact) mass is 481 g/mol. The first-order valence-corrected chi connectivity index (χ1v) is 11.2. The number of hydrogen-bond acceptors (Lipinski definition) is 4. The highest BCUT2D eigenvalue weighted by molar-refractivity contribution is 7.92. The Hall–Kier alpha value is -2.52. The molecule has 0 spiro atoms. The third-order valence-electron chi connectivity index (χ3n) is 3.94. The average Bonchev–Trinajstić information content (AvgIpc) is 2.71. The van der Waals surface area contributed by atoms with Gasteiger partial charge in [-0.3, -0.25) is 4.72 Å². The molecule has 0 aromatic heterocycles. The molecule has 3 rings (SSSR count). The fourth-order valence-corrected chi connectivity index (χ4v) is 4.05. The lowest BCUT2D eigenvalue weighted by atomic mass is 10.3. The Labute approximate surface area is 190 Å². The van der Waals surface area contributed by atoms with Crippen LogP contribution < -0.4 is 20.1 Å². The molecular weight excluding hydrogens is 465 g/mol. The molecule has 3 aromatic carbocycles. The van der Waals surface area contributed by atoms with Gasteiger partial charge in [0, 0.05) is 17.1 Å². The van der Waals surface area contributed by atoms with Crippen LogP contribution in [0.1, 0.15) is 0 Å². The fraction of sp³-hybridized carbons (Fsp3) is 0.0500. The van der Waals surface area contributed by atoms with Crippen molar-refractivity contribution in [3.05, 3.63) is 76.8 Å². The smallest absolute Gasteiger partial charge is 0.261 e. The number of hydrogen-bond donors (Lipinski definition) is 3. The molecule has 0 bridgehead atoms. The number of ether oxygens (including phenoxy) is 1. The van der Waals surface area contributed by atoms with Gasteiger partial charge in [-0.15, -0.1) is 0 Å². The number of rotatable bonds is 6. The first kappa shape index (κ1) is 22.2. The SMILES string of the molecule is COc1ccc(NS(=O)(=O)c2ccc(NC(=S)Nc3ccc(Cl)c(Cl)c3)cc2)cc1. The van der Waals surface area contributed by atoms with Crippen molar-refractivity contribution in [2.75, 3.05) is 22.5 Å². The predicted molar refractivity (Wildman–Crippen MR) is 127 cm³/mol. The van der Waals surface area contributed by atoms with Gasteiger partial charge in [-0.1, -0.05) is 23.2 Å². The Kier molecular flexibility index (Phi) is 7.04. The topological polar surface area (TPSA) is 79.5 Å². The normalized spacial score (nSPS) is 10.9. The number of methoxy groups -OCH3 is 1. The molecule has 3 aromatic rings. The standard InChI is InChI=1S/C20H17Cl2N3O3S2/c1-28-16-7-2-14(3-8-16)25-30(26,27)17-9-4-13(5-10-17)23-20(29)24-15-6-11-18(21)19(22)12-15/h2-12,25H,1H3,(H2,23,24,29). The number of halogens is 2. The van der Waals surface area contributed by atoms with E-state index in [1.54, 1.807) is 61.7 Å². The van der Waals surface area contributed by atoms with E-state index in [2.05, 4.69) is 15.4 Å². The number of benzene rings is 3. The summed E-state index contributed by atoms with van der Waals surface area (Å²) in [6.45, 7) is 0. The summed E-state index contributed by atoms with van der Waals surface area (Å²) in [6, 6.07) is 17.8. The molecule has 0 unspecified atom stereocenters. The van der Waals surface area contributed by atoms with Crippen molar-refractivity contribution in [1.29, 1.82) is 0 Å². The van der Waals surface area contributed by atoms with E-state index in [-0.39, 0.29) is 4.90 Å². The maximum Gasteiger partial charge on any atom is 0.261 e. The molecule has 0 fully saturated rings. The maximum atomic E-state index is 12.6. The minimum absolute atomic E-state index is 0.118. The summed E-state index contributed by atoms with van der Waals surface area (Å²) in [4.78, 5) is 0.118. The van der Waals surface area contributed by atoms with E-state index < -0.39 is 10.0 Å². The van der Waals surface area contributed by atoms with Crippen LogP contribution in [-0.4, -0.2) is 20.6 Å². The van der Waals surface area contributed by atoms with Crippen molar-refractivity contribution in [3.8, 4) is 5.75 Å². The van der Waals surface area contributed by atoms with Gasteiger partial charge in [0.05, 0.1) is 22.1 Å². The van der Waals surface area contributed by atoms with E-state index >= 15 is 0 Å². The molecule has 0 heterocycles. The molecule has 10 heteroatoms. The summed E-state index contributed by atoms with van der Waals surface area (Å²) in [6.07, 6.45) is 0. The van der Waals surface area contributed by atoms with Crippen molar-refractivity contribution in [2.45, 2.75) is 4.90 Å². The quantitative estimate of drug-likeness (QED) is 0.397. The second-order valence-electron chi connectivity index (χ2n) is 6.07. The van der Waals surface area contributed by atoms with E-state index in [4.69, 9.17) is 40.2 Å². The number of sulfonamides is 1. The molecule has 0 amide bonds. The van der Waals surface area contributed by atoms with E-state index in [1.807, 2.05) is 0 Å². The molecule has 0 aliphatic heterocycles. The van der Waals surface area contributed by atoms with Gasteiger partial charge in [-0.2, -0.15) is 0 Å². The summed E-state index contributed by atoms with van der Waals surface area (Å²) in [7, 11) is -2.19. The third kappa shape index (κ3) is 5.76. The minimum atomic E-state index is -3.73. The van der Waals surface area contributed by atoms with Crippen LogP contribution in [-0.2, 0) is 10.0 Å². The van der Waals surface area contributed by atoms with Crippen molar-refractivity contribution in [2.24, 2.45) is 0 Å². The molecule has 3 N–H and O–H groups in total. The Balaban J connectivity index is 1.64. The van der Waals surface area contributed by atoms with E-state index in [0.717, 1.165) is 0 Å². The number of anilines is 3. The molecule has 0 saturated carbocycles. The lowest BCUT2D eigenvalue weighted by molar-refractivity contribution is 0.415. The summed E-state index contributed by atoms with van der Waals surface area (Å²) in [5.74, 6) is 0.638. The zero-order valence-electron chi connectivity index (χ0n) is 15.6. The van der Waals surface area contributed by atoms with E-state index in [9.17, 15) is 8.42 Å². The largest absolute Gasteiger partial charge is 0.497 e. The van der Waals surface area contributed by atoms with Gasteiger partial charge < -0.3 is 15.4 Å². The summed E-state index contributed by atoms with van der Waals surface area (Å²) in [5.41, 5.74) is 1.73. The Bertz CT molecular complexity index is 1150. The first-order chi connectivity index (χ1) is 14.3. The van der Waals surface area contributed by atoms with Crippen molar-refractivity contribution < 1.29 is 13.2 Å². The highest BCUT2D eigenvalue weighted by atomic mass is 35.5. The molecule has 0 atom stereocenters. The maximum absolute atomic E-state index is 12.6. The van der Waals surface area contributed by atoms with Crippen LogP contribution in [0, 0.1) is 0 Å². The van der Waals surface area contributed by atoms with Gasteiger partial charge in [-0.05, 0) is 78.9 Å². The van der Waals surface area contributed by atoms with Gasteiger partial charge in [0.1, 0.15) is 5.75 Å². The predicted octanol–water partition coefficient (Wildman–Crippen LogP) is 5.61. The molecule has 0 saturated heterocycles. The molecule has 30 heavy (non-hydrogen) atoms. The van der Waals surface area contributed by atoms with Crippen LogP contribution in [0.4, 0.5) is 17.1 Å². The zero-order valence-corrected chi connectivity index (χ0v) is 18.8. The van der Waals surface area contributed by atoms with Gasteiger partial charge in [0.25, 0.3) is 10.0 Å². The average molecular weight is 482 g/mol. The highest BCUT2D eigenvalue weighted by Gasteiger charge is 2.14. The van der Waals surface area contributed by atoms with Crippen LogP contribution in [0.15, 0.2) is 71.6 Å². The van der Waals surface area contributed by atoms with Crippen molar-refractivity contribution in [1.82, 2.24) is 0 Å². The lowest BCUT2D eigenvalue weighted by Gasteiger charge is -2.12. The van der Waals surface area contributed by atoms with Crippen LogP contribution in [0.2, 0.25) is 10.0 Å². The molecule has 0 radical (unpaired) electrons. The lowest BCUT2D eigenvalue weighted by Crippen LogP contribution is -2.19. The van der Waals surface area contributed by atoms with Crippen LogP contribution in [0.3, 0.4) is 0 Å². The molecule has 156 valence electrons. The molecular formula is C20H17Cl2N3O3S2. The van der Waals surface area contributed by atoms with Gasteiger partial charge in [0.15, 0.2) is 5.11 Å². The summed E-state index contributed by atoms with van der Waals surface area (Å²) >= 11 is 17.1. The summed E-state index contributed by atoms with van der Waals surface area (Å²) < 4.78 is 32.7. The first-order valence-electron chi connectivity index (χ1n) is 8.57. The second kappa shape index (κ2) is 9.53. The van der Waals surface area contributed by atoms with Gasteiger partial charge >= 0.3 is 0 Å². The molecule has 6 nitrogen and oxygen atoms in total. The molecule has 0 aliphatic rings. The van der Waals surface area contributed by atoms with Gasteiger partial charge in [-0.25, -0.2) is 8.42 Å². The highest BCUT2D eigenvalue weighted by Crippen LogP contribution is 2.25. The van der Waals surface area contributed by atoms with Gasteiger partial charge in [0.2, 0.25) is 0 Å². The summed E-state index contributed by atoms with van der Waals surface area (Å²) in [5, 5.41) is 7.13. The number of nitrogens with one attached hydrogen (secondary N) is 3. The van der Waals surface area contributed by atoms with Crippen LogP contribution in [0.25, 0.3) is 0 Å². The van der Waals surface area contributed by atoms with Crippen molar-refractivity contribution >= 4 is 67.6 Å². The number of thiocarbonyl (C=S) groups is 1. The zero-order chi connectivity index (χ0) is 21.7. The molecule has 0 aliphatic carbocycles. The van der Waals surface area contributed by atoms with E-state index in [1.165, 1.54) is 12.1 Å². The van der Waals surface area contributed by atoms with Crippen molar-refractivity contribution in [3.63, 3.8) is 0 Å². The minimum Gasteiger partial charge on any atom is -0.497 e. The Morgan fingerprint density at radius 2 is 1.40 bits per heavy atom. The Morgan fingerprint density at radius 3 is 2.00 bits per heavy atom. The Morgan fingerprint density at radius 1 is 0.833 bits per heavy atom. The second-order valence-corrected chi connectivity index (χ2v) is 8.97. The third-order valence-corrected chi connectivity index (χ3v) is 6.28. The fourth-order valence-electron chi connectivity index (χ4n) is 2.46. The van der Waals surface area contributed by atoms with E-state index in [0.29, 0.717) is 38.0 Å². The van der Waals surface area contributed by atoms with Crippen LogP contribution >= 0.6 is 35.4 Å². The van der Waals surface area contributed by atoms with Crippen LogP contribution in [0.5, 0.6) is 5.75 Å².